The minimum Gasteiger partial charge on any atom is -0.394 e. The molecule has 7 heteroatoms. The highest BCUT2D eigenvalue weighted by Crippen LogP contribution is 2.45. The molecule has 1 fully saturated rings. The highest BCUT2D eigenvalue weighted by molar-refractivity contribution is 6.03. The molecule has 4 rings (SSSR count). The van der Waals surface area contributed by atoms with Crippen molar-refractivity contribution in [3.05, 3.63) is 54.6 Å². The van der Waals surface area contributed by atoms with Crippen molar-refractivity contribution in [3.63, 3.8) is 0 Å². The topological polar surface area (TPSA) is 98.7 Å². The Morgan fingerprint density at radius 3 is 2.48 bits per heavy atom. The molecule has 3 amide bonds. The first-order valence-corrected chi connectivity index (χ1v) is 11.5. The van der Waals surface area contributed by atoms with Crippen LogP contribution in [0.3, 0.4) is 0 Å². The first-order valence-electron chi connectivity index (χ1n) is 11.5. The number of aliphatic hydroxyl groups excluding tert-OH is 1. The fourth-order valence-corrected chi connectivity index (χ4v) is 5.40. The summed E-state index contributed by atoms with van der Waals surface area (Å²) in [5.41, 5.74) is 0.641. The third kappa shape index (κ3) is 4.02. The molecule has 0 unspecified atom stereocenters. The van der Waals surface area contributed by atoms with Crippen LogP contribution in [0.4, 0.5) is 5.69 Å². The van der Waals surface area contributed by atoms with Gasteiger partial charge < -0.3 is 20.6 Å². The molecular formula is C26H31N3O4. The summed E-state index contributed by atoms with van der Waals surface area (Å²) in [6.45, 7) is 3.55. The lowest BCUT2D eigenvalue weighted by Crippen LogP contribution is -2.50. The molecule has 0 aromatic heterocycles. The summed E-state index contributed by atoms with van der Waals surface area (Å²) in [5.74, 6) is -2.54. The Morgan fingerprint density at radius 2 is 1.82 bits per heavy atom. The number of rotatable bonds is 6. The number of amides is 3. The Kier molecular flexibility index (Phi) is 6.51. The molecule has 1 saturated heterocycles. The molecule has 33 heavy (non-hydrogen) atoms. The second kappa shape index (κ2) is 9.35. The molecule has 7 nitrogen and oxygen atoms in total. The molecule has 174 valence electrons. The van der Waals surface area contributed by atoms with Gasteiger partial charge in [0, 0.05) is 18.7 Å². The van der Waals surface area contributed by atoms with E-state index in [4.69, 9.17) is 0 Å². The van der Waals surface area contributed by atoms with E-state index in [1.165, 1.54) is 4.90 Å². The Labute approximate surface area is 193 Å². The van der Waals surface area contributed by atoms with Crippen molar-refractivity contribution in [2.45, 2.75) is 32.4 Å². The van der Waals surface area contributed by atoms with E-state index >= 15 is 0 Å². The summed E-state index contributed by atoms with van der Waals surface area (Å²) in [6, 6.07) is 12.3. The molecule has 3 N–H and O–H groups in total. The molecule has 2 aliphatic rings. The summed E-state index contributed by atoms with van der Waals surface area (Å²) in [7, 11) is 1.56. The zero-order valence-electron chi connectivity index (χ0n) is 19.2. The molecular weight excluding hydrogens is 418 g/mol. The number of carbonyl (C=O) groups is 3. The van der Waals surface area contributed by atoms with Crippen molar-refractivity contribution in [1.82, 2.24) is 10.2 Å². The number of benzene rings is 2. The van der Waals surface area contributed by atoms with Gasteiger partial charge in [0.05, 0.1) is 24.5 Å². The van der Waals surface area contributed by atoms with Gasteiger partial charge in [0.15, 0.2) is 0 Å². The summed E-state index contributed by atoms with van der Waals surface area (Å²) in [6.07, 6.45) is 4.33. The zero-order chi connectivity index (χ0) is 23.7. The first-order chi connectivity index (χ1) is 15.9. The summed E-state index contributed by atoms with van der Waals surface area (Å²) in [5, 5.41) is 17.7. The Morgan fingerprint density at radius 1 is 1.09 bits per heavy atom. The maximum absolute atomic E-state index is 13.6. The molecule has 0 radical (unpaired) electrons. The molecule has 0 spiro atoms. The predicted octanol–water partition coefficient (Wildman–Crippen LogP) is 2.56. The quantitative estimate of drug-likeness (QED) is 0.591. The molecule has 6 atom stereocenters. The molecule has 0 bridgehead atoms. The molecule has 1 aliphatic heterocycles. The number of likely N-dealkylation sites (tertiary alicyclic amines) is 1. The predicted molar refractivity (Wildman–Crippen MR) is 127 cm³/mol. The van der Waals surface area contributed by atoms with E-state index in [9.17, 15) is 19.5 Å². The van der Waals surface area contributed by atoms with Gasteiger partial charge in [-0.1, -0.05) is 56.3 Å². The monoisotopic (exact) mass is 449 g/mol. The van der Waals surface area contributed by atoms with Gasteiger partial charge in [-0.3, -0.25) is 14.4 Å². The Balaban J connectivity index is 1.71. The van der Waals surface area contributed by atoms with Crippen LogP contribution in [0.15, 0.2) is 54.6 Å². The third-order valence-electron chi connectivity index (χ3n) is 7.12. The minimum atomic E-state index is -0.804. The molecule has 1 aliphatic carbocycles. The highest BCUT2D eigenvalue weighted by atomic mass is 16.3. The van der Waals surface area contributed by atoms with Gasteiger partial charge in [0.2, 0.25) is 17.7 Å². The normalized spacial score (nSPS) is 27.3. The number of fused-ring (bicyclic) bond motifs is 2. The smallest absolute Gasteiger partial charge is 0.247 e. The minimum absolute atomic E-state index is 0.131. The van der Waals surface area contributed by atoms with Crippen LogP contribution in [0.2, 0.25) is 0 Å². The van der Waals surface area contributed by atoms with Crippen molar-refractivity contribution >= 4 is 34.2 Å². The lowest BCUT2D eigenvalue weighted by Gasteiger charge is -2.33. The average Bonchev–Trinajstić information content (AvgIpc) is 3.12. The second-order valence-corrected chi connectivity index (χ2v) is 8.97. The van der Waals surface area contributed by atoms with Gasteiger partial charge >= 0.3 is 0 Å². The lowest BCUT2D eigenvalue weighted by atomic mass is 9.70. The Bertz CT molecular complexity index is 1090. The second-order valence-electron chi connectivity index (χ2n) is 8.97. The molecule has 2 aromatic rings. The van der Waals surface area contributed by atoms with Crippen LogP contribution >= 0.6 is 0 Å². The molecule has 1 heterocycles. The number of nitrogens with zero attached hydrogens (tertiary/aromatic N) is 1. The SMILES string of the molecule is CC[C@@H](CO)N1C(=O)[C@@H]2[C@H](C=C[C@@H](C)[C@H]2C(=O)NC)[C@H]1C(=O)Nc1ccc2ccccc2c1. The zero-order valence-corrected chi connectivity index (χ0v) is 19.2. The van der Waals surface area contributed by atoms with Crippen molar-refractivity contribution in [2.24, 2.45) is 23.7 Å². The van der Waals surface area contributed by atoms with E-state index in [0.717, 1.165) is 10.8 Å². The lowest BCUT2D eigenvalue weighted by molar-refractivity contribution is -0.142. The fourth-order valence-electron chi connectivity index (χ4n) is 5.40. The maximum Gasteiger partial charge on any atom is 0.247 e. The van der Waals surface area contributed by atoms with Crippen molar-refractivity contribution in [1.29, 1.82) is 0 Å². The first kappa shape index (κ1) is 23.0. The van der Waals surface area contributed by atoms with Gasteiger partial charge in [0.25, 0.3) is 0 Å². The van der Waals surface area contributed by atoms with Crippen LogP contribution in [-0.2, 0) is 14.4 Å². The number of allylic oxidation sites excluding steroid dienone is 1. The van der Waals surface area contributed by atoms with Crippen LogP contribution < -0.4 is 10.6 Å². The van der Waals surface area contributed by atoms with Gasteiger partial charge in [-0.25, -0.2) is 0 Å². The molecule has 2 aromatic carbocycles. The number of carbonyl (C=O) groups excluding carboxylic acids is 3. The van der Waals surface area contributed by atoms with Crippen molar-refractivity contribution < 1.29 is 19.5 Å². The number of aliphatic hydroxyl groups is 1. The van der Waals surface area contributed by atoms with Gasteiger partial charge in [-0.2, -0.15) is 0 Å². The summed E-state index contributed by atoms with van der Waals surface area (Å²) < 4.78 is 0. The van der Waals surface area contributed by atoms with E-state index in [-0.39, 0.29) is 30.2 Å². The number of nitrogens with one attached hydrogen (secondary N) is 2. The summed E-state index contributed by atoms with van der Waals surface area (Å²) >= 11 is 0. The van der Waals surface area contributed by atoms with Crippen LogP contribution in [0.25, 0.3) is 10.8 Å². The summed E-state index contributed by atoms with van der Waals surface area (Å²) in [4.78, 5) is 41.5. The van der Waals surface area contributed by atoms with Gasteiger partial charge in [-0.05, 0) is 35.2 Å². The van der Waals surface area contributed by atoms with Crippen LogP contribution in [-0.4, -0.2) is 53.5 Å². The number of anilines is 1. The third-order valence-corrected chi connectivity index (χ3v) is 7.12. The molecule has 0 saturated carbocycles. The van der Waals surface area contributed by atoms with E-state index in [1.54, 1.807) is 7.05 Å². The van der Waals surface area contributed by atoms with Gasteiger partial charge in [0.1, 0.15) is 6.04 Å². The van der Waals surface area contributed by atoms with Crippen molar-refractivity contribution in [3.8, 4) is 0 Å². The number of hydrogen-bond acceptors (Lipinski definition) is 4. The average molecular weight is 450 g/mol. The maximum atomic E-state index is 13.6. The van der Waals surface area contributed by atoms with Crippen molar-refractivity contribution in [2.75, 3.05) is 19.0 Å². The largest absolute Gasteiger partial charge is 0.394 e. The van der Waals surface area contributed by atoms with E-state index in [1.807, 2.05) is 68.5 Å². The fraction of sp³-hybridized carbons (Fsp3) is 0.423. The Hall–Kier alpha value is -3.19. The van der Waals surface area contributed by atoms with E-state index in [0.29, 0.717) is 12.1 Å². The van der Waals surface area contributed by atoms with Gasteiger partial charge in [-0.15, -0.1) is 0 Å². The standard InChI is InChI=1S/C26H31N3O4/c1-4-19(14-30)29-23(20-12-9-15(2)21(24(31)27-3)22(20)26(29)33)25(32)28-18-11-10-16-7-5-6-8-17(16)13-18/h5-13,15,19-23,30H,4,14H2,1-3H3,(H,27,31)(H,28,32)/t15-,19+,20+,21-,22-,23+/m1/s1. The van der Waals surface area contributed by atoms with Crippen LogP contribution in [0.5, 0.6) is 0 Å². The van der Waals surface area contributed by atoms with E-state index < -0.39 is 29.8 Å². The van der Waals surface area contributed by atoms with Crippen LogP contribution in [0, 0.1) is 23.7 Å². The number of hydrogen-bond donors (Lipinski definition) is 3. The van der Waals surface area contributed by atoms with E-state index in [2.05, 4.69) is 10.6 Å². The highest BCUT2D eigenvalue weighted by Gasteiger charge is 2.57. The van der Waals surface area contributed by atoms with Crippen LogP contribution in [0.1, 0.15) is 20.3 Å².